The Kier molecular flexibility index (Phi) is 5.05. The smallest absolute Gasteiger partial charge is 0.341 e. The largest absolute Gasteiger partial charge is 0.465 e. The molecule has 0 aliphatic rings. The number of carbonyl (C=O) groups is 2. The summed E-state index contributed by atoms with van der Waals surface area (Å²) in [4.78, 5) is 36.7. The molecule has 0 aliphatic heterocycles. The van der Waals surface area contributed by atoms with E-state index >= 15 is 0 Å². The number of rotatable bonds is 5. The normalized spacial score (nSPS) is 10.6. The Hall–Kier alpha value is -2.35. The highest BCUT2D eigenvalue weighted by atomic mass is 32.1. The summed E-state index contributed by atoms with van der Waals surface area (Å²) in [5, 5.41) is 1.72. The second-order valence-electron chi connectivity index (χ2n) is 5.15. The van der Waals surface area contributed by atoms with Gasteiger partial charge in [-0.25, -0.2) is 4.79 Å². The van der Waals surface area contributed by atoms with Crippen LogP contribution in [0.15, 0.2) is 20.7 Å². The predicted octanol–water partition coefficient (Wildman–Crippen LogP) is 1.56. The van der Waals surface area contributed by atoms with Gasteiger partial charge >= 0.3 is 10.8 Å². The molecule has 8 heteroatoms. The van der Waals surface area contributed by atoms with Crippen LogP contribution in [0.25, 0.3) is 0 Å². The van der Waals surface area contributed by atoms with E-state index in [0.29, 0.717) is 17.1 Å². The van der Waals surface area contributed by atoms with E-state index in [2.05, 4.69) is 4.74 Å². The number of nitrogens with zero attached hydrogens (tertiary/aromatic N) is 2. The SMILES string of the molecule is COC(=O)c1cc(CN(C)C(=O)Cn2c(C)csc2=O)oc1C. The average molecular weight is 338 g/mol. The summed E-state index contributed by atoms with van der Waals surface area (Å²) in [7, 11) is 2.91. The molecule has 0 fully saturated rings. The van der Waals surface area contributed by atoms with Gasteiger partial charge in [0.05, 0.1) is 13.7 Å². The molecule has 0 bridgehead atoms. The van der Waals surface area contributed by atoms with Gasteiger partial charge in [0.15, 0.2) is 0 Å². The minimum absolute atomic E-state index is 0.0196. The van der Waals surface area contributed by atoms with E-state index < -0.39 is 5.97 Å². The Bertz CT molecular complexity index is 786. The molecule has 2 rings (SSSR count). The minimum atomic E-state index is -0.480. The van der Waals surface area contributed by atoms with E-state index in [-0.39, 0.29) is 23.9 Å². The zero-order valence-electron chi connectivity index (χ0n) is 13.4. The minimum Gasteiger partial charge on any atom is -0.465 e. The second kappa shape index (κ2) is 6.82. The Morgan fingerprint density at radius 1 is 1.39 bits per heavy atom. The first-order valence-electron chi connectivity index (χ1n) is 6.90. The maximum atomic E-state index is 12.2. The molecule has 0 aliphatic carbocycles. The highest BCUT2D eigenvalue weighted by Gasteiger charge is 2.18. The van der Waals surface area contributed by atoms with Crippen LogP contribution in [0.2, 0.25) is 0 Å². The molecule has 2 aromatic heterocycles. The van der Waals surface area contributed by atoms with Crippen molar-refractivity contribution in [3.05, 3.63) is 43.9 Å². The summed E-state index contributed by atoms with van der Waals surface area (Å²) >= 11 is 1.07. The van der Waals surface area contributed by atoms with Crippen LogP contribution in [0.5, 0.6) is 0 Å². The fraction of sp³-hybridized carbons (Fsp3) is 0.400. The van der Waals surface area contributed by atoms with E-state index in [1.165, 1.54) is 16.6 Å². The van der Waals surface area contributed by atoms with Crippen molar-refractivity contribution in [2.75, 3.05) is 14.2 Å². The lowest BCUT2D eigenvalue weighted by atomic mass is 10.2. The third kappa shape index (κ3) is 3.70. The summed E-state index contributed by atoms with van der Waals surface area (Å²) in [6.45, 7) is 3.62. The Labute approximate surface area is 137 Å². The van der Waals surface area contributed by atoms with Crippen molar-refractivity contribution >= 4 is 23.2 Å². The lowest BCUT2D eigenvalue weighted by molar-refractivity contribution is -0.131. The number of hydrogen-bond donors (Lipinski definition) is 0. The van der Waals surface area contributed by atoms with E-state index in [1.54, 1.807) is 32.3 Å². The molecule has 2 heterocycles. The molecule has 0 aromatic carbocycles. The fourth-order valence-corrected chi connectivity index (χ4v) is 2.84. The number of methoxy groups -OCH3 is 1. The van der Waals surface area contributed by atoms with Crippen LogP contribution in [0.4, 0.5) is 0 Å². The van der Waals surface area contributed by atoms with Gasteiger partial charge in [-0.2, -0.15) is 0 Å². The quantitative estimate of drug-likeness (QED) is 0.773. The van der Waals surface area contributed by atoms with E-state index in [1.807, 2.05) is 0 Å². The van der Waals surface area contributed by atoms with Crippen LogP contribution in [0.3, 0.4) is 0 Å². The summed E-state index contributed by atoms with van der Waals surface area (Å²) < 4.78 is 11.6. The highest BCUT2D eigenvalue weighted by Crippen LogP contribution is 2.17. The zero-order chi connectivity index (χ0) is 17.1. The number of carbonyl (C=O) groups excluding carboxylic acids is 2. The van der Waals surface area contributed by atoms with Gasteiger partial charge in [0, 0.05) is 18.1 Å². The maximum absolute atomic E-state index is 12.2. The number of aryl methyl sites for hydroxylation is 2. The van der Waals surface area contributed by atoms with Crippen LogP contribution in [-0.2, 0) is 22.6 Å². The lowest BCUT2D eigenvalue weighted by Gasteiger charge is -2.16. The maximum Gasteiger partial charge on any atom is 0.341 e. The van der Waals surface area contributed by atoms with Crippen LogP contribution in [0.1, 0.15) is 27.6 Å². The highest BCUT2D eigenvalue weighted by molar-refractivity contribution is 7.07. The number of hydrogen-bond acceptors (Lipinski definition) is 6. The third-order valence-electron chi connectivity index (χ3n) is 3.46. The van der Waals surface area contributed by atoms with Gasteiger partial charge in [0.2, 0.25) is 5.91 Å². The molecule has 0 unspecified atom stereocenters. The van der Waals surface area contributed by atoms with Gasteiger partial charge < -0.3 is 14.1 Å². The molecule has 0 atom stereocenters. The Morgan fingerprint density at radius 3 is 2.65 bits per heavy atom. The second-order valence-corrected chi connectivity index (χ2v) is 5.97. The van der Waals surface area contributed by atoms with Crippen LogP contribution in [-0.4, -0.2) is 35.5 Å². The Balaban J connectivity index is 2.07. The van der Waals surface area contributed by atoms with Crippen LogP contribution in [0, 0.1) is 13.8 Å². The van der Waals surface area contributed by atoms with Crippen molar-refractivity contribution in [1.82, 2.24) is 9.47 Å². The molecular formula is C15H18N2O5S. The molecule has 7 nitrogen and oxygen atoms in total. The van der Waals surface area contributed by atoms with Crippen molar-refractivity contribution in [1.29, 1.82) is 0 Å². The number of likely N-dealkylation sites (N-methyl/N-ethyl adjacent to an activating group) is 1. The first-order chi connectivity index (χ1) is 10.8. The van der Waals surface area contributed by atoms with Crippen LogP contribution < -0.4 is 4.87 Å². The van der Waals surface area contributed by atoms with E-state index in [0.717, 1.165) is 17.0 Å². The van der Waals surface area contributed by atoms with Gasteiger partial charge in [-0.15, -0.1) is 0 Å². The van der Waals surface area contributed by atoms with Gasteiger partial charge in [-0.05, 0) is 19.9 Å². The molecule has 0 saturated heterocycles. The number of aromatic nitrogens is 1. The standard InChI is InChI=1S/C15H18N2O5S/c1-9-8-23-15(20)17(9)7-13(18)16(3)6-11-5-12(10(2)22-11)14(19)21-4/h5,8H,6-7H2,1-4H3. The molecule has 1 amide bonds. The fourth-order valence-electron chi connectivity index (χ4n) is 2.11. The molecule has 0 spiro atoms. The molecule has 2 aromatic rings. The van der Waals surface area contributed by atoms with Crippen molar-refractivity contribution in [2.45, 2.75) is 26.9 Å². The first kappa shape index (κ1) is 17.0. The van der Waals surface area contributed by atoms with Crippen molar-refractivity contribution in [3.63, 3.8) is 0 Å². The third-order valence-corrected chi connectivity index (χ3v) is 4.34. The predicted molar refractivity (Wildman–Crippen MR) is 84.6 cm³/mol. The van der Waals surface area contributed by atoms with Crippen LogP contribution >= 0.6 is 11.3 Å². The topological polar surface area (TPSA) is 81.8 Å². The molecule has 0 saturated carbocycles. The molecule has 0 N–H and O–H groups in total. The number of thiazole rings is 1. The van der Waals surface area contributed by atoms with E-state index in [9.17, 15) is 14.4 Å². The monoisotopic (exact) mass is 338 g/mol. The number of furan rings is 1. The van der Waals surface area contributed by atoms with Gasteiger partial charge in [0.1, 0.15) is 23.6 Å². The average Bonchev–Trinajstić information content (AvgIpc) is 3.03. The zero-order valence-corrected chi connectivity index (χ0v) is 14.2. The number of ether oxygens (including phenoxy) is 1. The Morgan fingerprint density at radius 2 is 2.09 bits per heavy atom. The molecule has 23 heavy (non-hydrogen) atoms. The van der Waals surface area contributed by atoms with Gasteiger partial charge in [-0.1, -0.05) is 11.3 Å². The number of amides is 1. The van der Waals surface area contributed by atoms with Gasteiger partial charge in [-0.3, -0.25) is 14.2 Å². The van der Waals surface area contributed by atoms with E-state index in [4.69, 9.17) is 4.42 Å². The molecule has 124 valence electrons. The van der Waals surface area contributed by atoms with Crippen molar-refractivity contribution in [2.24, 2.45) is 0 Å². The molecular weight excluding hydrogens is 320 g/mol. The summed E-state index contributed by atoms with van der Waals surface area (Å²) in [5.74, 6) is 0.222. The van der Waals surface area contributed by atoms with Crippen molar-refractivity contribution in [3.8, 4) is 0 Å². The summed E-state index contributed by atoms with van der Waals surface area (Å²) in [6, 6.07) is 1.56. The summed E-state index contributed by atoms with van der Waals surface area (Å²) in [6.07, 6.45) is 0. The molecule has 0 radical (unpaired) electrons. The lowest BCUT2D eigenvalue weighted by Crippen LogP contribution is -2.32. The van der Waals surface area contributed by atoms with Gasteiger partial charge in [0.25, 0.3) is 0 Å². The summed E-state index contributed by atoms with van der Waals surface area (Å²) in [5.41, 5.74) is 1.09. The number of esters is 1. The first-order valence-corrected chi connectivity index (χ1v) is 7.78. The van der Waals surface area contributed by atoms with Crippen molar-refractivity contribution < 1.29 is 18.7 Å².